The van der Waals surface area contributed by atoms with Crippen LogP contribution >= 0.6 is 11.3 Å². The highest BCUT2D eigenvalue weighted by molar-refractivity contribution is 7.09. The Balaban J connectivity index is 1.30. The molecule has 1 amide bonds. The third-order valence-corrected chi connectivity index (χ3v) is 6.45. The molecule has 0 atom stereocenters. The fourth-order valence-electron chi connectivity index (χ4n) is 4.08. The number of nitrogens with zero attached hydrogens (tertiary/aromatic N) is 2. The van der Waals surface area contributed by atoms with Gasteiger partial charge < -0.3 is 4.90 Å². The molecule has 2 heterocycles. The quantitative estimate of drug-likeness (QED) is 0.534. The van der Waals surface area contributed by atoms with Gasteiger partial charge in [0.15, 0.2) is 5.78 Å². The van der Waals surface area contributed by atoms with Gasteiger partial charge in [-0.15, -0.1) is 11.3 Å². The van der Waals surface area contributed by atoms with Gasteiger partial charge in [-0.1, -0.05) is 36.4 Å². The van der Waals surface area contributed by atoms with Crippen LogP contribution in [0.4, 0.5) is 0 Å². The number of thiophene rings is 1. The number of hydrogen-bond donors (Lipinski definition) is 0. The van der Waals surface area contributed by atoms with Crippen LogP contribution in [0.25, 0.3) is 11.1 Å². The molecule has 2 aliphatic rings. The molecule has 5 rings (SSSR count). The molecule has 28 heavy (non-hydrogen) atoms. The second kappa shape index (κ2) is 7.00. The van der Waals surface area contributed by atoms with Crippen molar-refractivity contribution < 1.29 is 9.59 Å². The molecule has 2 aromatic carbocycles. The van der Waals surface area contributed by atoms with E-state index in [0.29, 0.717) is 11.1 Å². The molecule has 1 aliphatic heterocycles. The highest BCUT2D eigenvalue weighted by Gasteiger charge is 2.28. The summed E-state index contributed by atoms with van der Waals surface area (Å²) in [6.45, 7) is 4.13. The summed E-state index contributed by atoms with van der Waals surface area (Å²) in [5, 5.41) is 2.10. The van der Waals surface area contributed by atoms with Crippen molar-refractivity contribution in [1.29, 1.82) is 0 Å². The van der Waals surface area contributed by atoms with E-state index in [2.05, 4.69) is 22.4 Å². The fraction of sp³-hybridized carbons (Fsp3) is 0.217. The molecule has 3 aromatic rings. The third-order valence-electron chi connectivity index (χ3n) is 5.59. The van der Waals surface area contributed by atoms with E-state index in [1.807, 2.05) is 41.3 Å². The molecule has 0 N–H and O–H groups in total. The third kappa shape index (κ3) is 2.97. The maximum absolute atomic E-state index is 13.0. The first-order chi connectivity index (χ1) is 13.7. The maximum atomic E-state index is 13.0. The summed E-state index contributed by atoms with van der Waals surface area (Å²) >= 11 is 1.77. The fourth-order valence-corrected chi connectivity index (χ4v) is 4.82. The lowest BCUT2D eigenvalue weighted by atomic mass is 10.0. The van der Waals surface area contributed by atoms with E-state index in [0.717, 1.165) is 49.4 Å². The number of rotatable bonds is 3. The average molecular weight is 388 g/mol. The van der Waals surface area contributed by atoms with Crippen molar-refractivity contribution in [1.82, 2.24) is 9.80 Å². The van der Waals surface area contributed by atoms with Crippen molar-refractivity contribution in [3.8, 4) is 11.1 Å². The Bertz CT molecular complexity index is 1050. The molecular formula is C23H20N2O2S. The smallest absolute Gasteiger partial charge is 0.253 e. The Hall–Kier alpha value is -2.76. The van der Waals surface area contributed by atoms with Gasteiger partial charge in [-0.2, -0.15) is 0 Å². The molecule has 140 valence electrons. The first-order valence-electron chi connectivity index (χ1n) is 9.53. The zero-order valence-electron chi connectivity index (χ0n) is 15.4. The summed E-state index contributed by atoms with van der Waals surface area (Å²) in [5.41, 5.74) is 3.86. The van der Waals surface area contributed by atoms with Crippen molar-refractivity contribution in [2.45, 2.75) is 6.54 Å². The van der Waals surface area contributed by atoms with E-state index in [4.69, 9.17) is 0 Å². The van der Waals surface area contributed by atoms with Gasteiger partial charge in [0.2, 0.25) is 0 Å². The standard InChI is InChI=1S/C23H20N2O2S/c26-22-20-6-2-1-5-18(20)19-8-7-16(14-21(19)22)23(27)25-11-9-24(10-12-25)15-17-4-3-13-28-17/h1-8,13-14H,9-12,15H2. The lowest BCUT2D eigenvalue weighted by molar-refractivity contribution is 0.0629. The molecule has 0 bridgehead atoms. The van der Waals surface area contributed by atoms with Gasteiger partial charge in [0.05, 0.1) is 0 Å². The van der Waals surface area contributed by atoms with Gasteiger partial charge in [0.25, 0.3) is 5.91 Å². The molecule has 0 saturated carbocycles. The zero-order chi connectivity index (χ0) is 19.1. The van der Waals surface area contributed by atoms with Crippen molar-refractivity contribution >= 4 is 23.0 Å². The predicted octanol–water partition coefficient (Wildman–Crippen LogP) is 3.92. The van der Waals surface area contributed by atoms with Crippen LogP contribution in [0.5, 0.6) is 0 Å². The van der Waals surface area contributed by atoms with E-state index in [9.17, 15) is 9.59 Å². The monoisotopic (exact) mass is 388 g/mol. The highest BCUT2D eigenvalue weighted by atomic mass is 32.1. The van der Waals surface area contributed by atoms with Crippen LogP contribution in [0.15, 0.2) is 60.0 Å². The summed E-state index contributed by atoms with van der Waals surface area (Å²) in [6, 6.07) is 17.4. The predicted molar refractivity (Wildman–Crippen MR) is 111 cm³/mol. The summed E-state index contributed by atoms with van der Waals surface area (Å²) in [5.74, 6) is 0.0309. The van der Waals surface area contributed by atoms with Crippen LogP contribution in [-0.4, -0.2) is 47.7 Å². The van der Waals surface area contributed by atoms with Crippen LogP contribution in [-0.2, 0) is 6.54 Å². The van der Waals surface area contributed by atoms with E-state index in [-0.39, 0.29) is 11.7 Å². The number of piperazine rings is 1. The van der Waals surface area contributed by atoms with Gasteiger partial charge in [-0.25, -0.2) is 0 Å². The highest BCUT2D eigenvalue weighted by Crippen LogP contribution is 2.36. The van der Waals surface area contributed by atoms with Crippen molar-refractivity contribution in [2.24, 2.45) is 0 Å². The molecule has 1 saturated heterocycles. The van der Waals surface area contributed by atoms with Gasteiger partial charge in [0, 0.05) is 54.3 Å². The number of benzene rings is 2. The maximum Gasteiger partial charge on any atom is 0.253 e. The van der Waals surface area contributed by atoms with Gasteiger partial charge in [-0.3, -0.25) is 14.5 Å². The van der Waals surface area contributed by atoms with Crippen LogP contribution in [0, 0.1) is 0 Å². The Labute approximate surface area is 168 Å². The molecule has 4 nitrogen and oxygen atoms in total. The Morgan fingerprint density at radius 1 is 0.857 bits per heavy atom. The van der Waals surface area contributed by atoms with Gasteiger partial charge in [0.1, 0.15) is 0 Å². The van der Waals surface area contributed by atoms with E-state index in [1.54, 1.807) is 17.4 Å². The first-order valence-corrected chi connectivity index (χ1v) is 10.4. The van der Waals surface area contributed by atoms with Crippen LogP contribution in [0.1, 0.15) is 31.2 Å². The minimum atomic E-state index is 0.0148. The number of fused-ring (bicyclic) bond motifs is 3. The summed E-state index contributed by atoms with van der Waals surface area (Å²) in [4.78, 5) is 31.4. The topological polar surface area (TPSA) is 40.6 Å². The zero-order valence-corrected chi connectivity index (χ0v) is 16.2. The van der Waals surface area contributed by atoms with Crippen LogP contribution < -0.4 is 0 Å². The lowest BCUT2D eigenvalue weighted by Gasteiger charge is -2.34. The Morgan fingerprint density at radius 3 is 2.36 bits per heavy atom. The largest absolute Gasteiger partial charge is 0.336 e. The molecule has 0 unspecified atom stereocenters. The van der Waals surface area contributed by atoms with E-state index in [1.165, 1.54) is 4.88 Å². The number of hydrogen-bond acceptors (Lipinski definition) is 4. The Kier molecular flexibility index (Phi) is 4.34. The molecule has 1 aromatic heterocycles. The minimum absolute atomic E-state index is 0.0148. The van der Waals surface area contributed by atoms with Gasteiger partial charge >= 0.3 is 0 Å². The normalized spacial score (nSPS) is 16.1. The summed E-state index contributed by atoms with van der Waals surface area (Å²) in [6.07, 6.45) is 0. The van der Waals surface area contributed by atoms with Crippen LogP contribution in [0.3, 0.4) is 0 Å². The van der Waals surface area contributed by atoms with Gasteiger partial charge in [-0.05, 0) is 34.7 Å². The number of amides is 1. The minimum Gasteiger partial charge on any atom is -0.336 e. The molecule has 0 radical (unpaired) electrons. The van der Waals surface area contributed by atoms with E-state index >= 15 is 0 Å². The van der Waals surface area contributed by atoms with E-state index < -0.39 is 0 Å². The average Bonchev–Trinajstić information content (AvgIpc) is 3.35. The second-order valence-corrected chi connectivity index (χ2v) is 8.32. The van der Waals surface area contributed by atoms with Crippen molar-refractivity contribution in [3.05, 3.63) is 81.5 Å². The van der Waals surface area contributed by atoms with Crippen molar-refractivity contribution in [2.75, 3.05) is 26.2 Å². The first kappa shape index (κ1) is 17.3. The van der Waals surface area contributed by atoms with Crippen LogP contribution in [0.2, 0.25) is 0 Å². The van der Waals surface area contributed by atoms with Crippen molar-refractivity contribution in [3.63, 3.8) is 0 Å². The number of carbonyl (C=O) groups is 2. The summed E-state index contributed by atoms with van der Waals surface area (Å²) < 4.78 is 0. The molecule has 1 aliphatic carbocycles. The Morgan fingerprint density at radius 2 is 1.61 bits per heavy atom. The lowest BCUT2D eigenvalue weighted by Crippen LogP contribution is -2.48. The SMILES string of the molecule is O=C1c2ccccc2-c2ccc(C(=O)N3CCN(Cc4cccs4)CC3)cc21. The number of ketones is 1. The molecule has 0 spiro atoms. The molecule has 5 heteroatoms. The number of carbonyl (C=O) groups excluding carboxylic acids is 2. The molecular weight excluding hydrogens is 368 g/mol. The summed E-state index contributed by atoms with van der Waals surface area (Å²) in [7, 11) is 0. The second-order valence-electron chi connectivity index (χ2n) is 7.28. The molecule has 1 fully saturated rings.